The molecule has 8 aromatic rings. The van der Waals surface area contributed by atoms with Crippen molar-refractivity contribution < 1.29 is 11.0 Å². The van der Waals surface area contributed by atoms with E-state index >= 15 is 0 Å². The lowest BCUT2D eigenvalue weighted by molar-refractivity contribution is 1.00. The number of hydrogen-bond acceptors (Lipinski definition) is 1. The van der Waals surface area contributed by atoms with Crippen LogP contribution in [-0.4, -0.2) is 9.55 Å². The predicted molar refractivity (Wildman–Crippen MR) is 169 cm³/mol. The summed E-state index contributed by atoms with van der Waals surface area (Å²) in [5, 5.41) is 2.61. The maximum absolute atomic E-state index is 9.24. The van der Waals surface area contributed by atoms with E-state index in [9.17, 15) is 5.48 Å². The molecule has 0 amide bonds. The van der Waals surface area contributed by atoms with Gasteiger partial charge in [0, 0.05) is 5.69 Å². The fraction of sp³-hybridized carbons (Fsp3) is 0.0263. The van der Waals surface area contributed by atoms with E-state index in [-0.39, 0.29) is 45.7 Å². The molecule has 0 aliphatic heterocycles. The summed E-state index contributed by atoms with van der Waals surface area (Å²) in [7, 11) is 0. The van der Waals surface area contributed by atoms with Crippen LogP contribution < -0.4 is 0 Å². The Bertz CT molecular complexity index is 2600. The first-order valence-corrected chi connectivity index (χ1v) is 13.1. The molecule has 0 aliphatic rings. The molecule has 7 aromatic carbocycles. The summed E-state index contributed by atoms with van der Waals surface area (Å²) in [4.78, 5) is 4.71. The Balaban J connectivity index is 1.60. The van der Waals surface area contributed by atoms with Crippen LogP contribution in [-0.2, 0) is 0 Å². The van der Waals surface area contributed by atoms with Crippen LogP contribution in [0.3, 0.4) is 0 Å². The van der Waals surface area contributed by atoms with Crippen molar-refractivity contribution >= 4 is 43.4 Å². The standard InChI is InChI=1S/C38H26N2/c1-25-39-35-19-8-9-20-36(35)40(25)30-14-10-13-28(24-30)37-31-15-4-6-17-33(31)38(34-18-7-5-16-32(34)37)29-22-21-26-11-2-3-12-27(26)23-29/h2-24H,1H3/i4D,5D,6D,7D,15D,16D,17D,18D. The van der Waals surface area contributed by atoms with E-state index in [2.05, 4.69) is 0 Å². The number of fused-ring (bicyclic) bond motifs is 4. The van der Waals surface area contributed by atoms with Crippen molar-refractivity contribution in [3.05, 3.63) is 145 Å². The Morgan fingerprint density at radius 3 is 1.88 bits per heavy atom. The second-order valence-electron chi connectivity index (χ2n) is 9.85. The van der Waals surface area contributed by atoms with Gasteiger partial charge < -0.3 is 0 Å². The first kappa shape index (κ1) is 16.0. The molecule has 0 saturated heterocycles. The van der Waals surface area contributed by atoms with Gasteiger partial charge in [-0.1, -0.05) is 109 Å². The number of benzene rings is 7. The van der Waals surface area contributed by atoms with Crippen molar-refractivity contribution in [3.8, 4) is 27.9 Å². The minimum Gasteiger partial charge on any atom is -0.297 e. The molecule has 0 unspecified atom stereocenters. The Hall–Kier alpha value is -5.21. The van der Waals surface area contributed by atoms with Gasteiger partial charge in [0.15, 0.2) is 0 Å². The SMILES string of the molecule is [2H]c1c([2H])c([2H])c2c(-c3ccc4ccccc4c3)c3c([2H])c([2H])c([2H])c([2H])c3c(-c3cccc(-n4c(C)nc5ccccc54)c3)c2c1[2H]. The zero-order chi connectivity index (χ0) is 33.6. The van der Waals surface area contributed by atoms with Crippen LogP contribution in [0, 0.1) is 6.92 Å². The third-order valence-electron chi connectivity index (χ3n) is 7.53. The highest BCUT2D eigenvalue weighted by molar-refractivity contribution is 6.21. The summed E-state index contributed by atoms with van der Waals surface area (Å²) in [5.41, 5.74) is 4.23. The molecule has 0 bridgehead atoms. The smallest absolute Gasteiger partial charge is 0.111 e. The molecular formula is C38H26N2. The van der Waals surface area contributed by atoms with Crippen LogP contribution in [0.4, 0.5) is 0 Å². The summed E-state index contributed by atoms with van der Waals surface area (Å²) < 4.78 is 73.7. The molecule has 0 saturated carbocycles. The monoisotopic (exact) mass is 518 g/mol. The van der Waals surface area contributed by atoms with Crippen LogP contribution in [0.15, 0.2) is 139 Å². The fourth-order valence-electron chi connectivity index (χ4n) is 5.82. The number of imidazole rings is 1. The van der Waals surface area contributed by atoms with Gasteiger partial charge in [0.1, 0.15) is 5.82 Å². The number of aryl methyl sites for hydroxylation is 1. The molecule has 40 heavy (non-hydrogen) atoms. The van der Waals surface area contributed by atoms with E-state index < -0.39 is 24.2 Å². The van der Waals surface area contributed by atoms with E-state index in [4.69, 9.17) is 10.5 Å². The van der Waals surface area contributed by atoms with Gasteiger partial charge in [0.25, 0.3) is 0 Å². The van der Waals surface area contributed by atoms with Crippen molar-refractivity contribution in [1.29, 1.82) is 0 Å². The molecule has 1 heterocycles. The van der Waals surface area contributed by atoms with Gasteiger partial charge in [-0.15, -0.1) is 0 Å². The molecule has 2 nitrogen and oxygen atoms in total. The molecule has 0 N–H and O–H groups in total. The highest BCUT2D eigenvalue weighted by Gasteiger charge is 2.17. The second kappa shape index (κ2) is 8.93. The van der Waals surface area contributed by atoms with Crippen LogP contribution >= 0.6 is 0 Å². The minimum absolute atomic E-state index is 0.186. The van der Waals surface area contributed by atoms with Crippen LogP contribution in [0.2, 0.25) is 0 Å². The van der Waals surface area contributed by atoms with Crippen molar-refractivity contribution in [3.63, 3.8) is 0 Å². The van der Waals surface area contributed by atoms with Gasteiger partial charge in [-0.3, -0.25) is 4.57 Å². The van der Waals surface area contributed by atoms with Gasteiger partial charge >= 0.3 is 0 Å². The van der Waals surface area contributed by atoms with Gasteiger partial charge in [0.05, 0.1) is 22.0 Å². The molecule has 8 rings (SSSR count). The maximum atomic E-state index is 9.24. The largest absolute Gasteiger partial charge is 0.297 e. The third-order valence-corrected chi connectivity index (χ3v) is 7.53. The first-order valence-electron chi connectivity index (χ1n) is 17.1. The van der Waals surface area contributed by atoms with Gasteiger partial charge in [0.2, 0.25) is 0 Å². The second-order valence-corrected chi connectivity index (χ2v) is 9.85. The number of para-hydroxylation sites is 2. The molecule has 0 fully saturated rings. The average Bonchev–Trinajstić information content (AvgIpc) is 3.45. The van der Waals surface area contributed by atoms with E-state index in [1.165, 1.54) is 0 Å². The normalized spacial score (nSPS) is 14.4. The summed E-state index contributed by atoms with van der Waals surface area (Å²) in [6.07, 6.45) is 0. The quantitative estimate of drug-likeness (QED) is 0.213. The van der Waals surface area contributed by atoms with E-state index in [1.54, 1.807) is 0 Å². The summed E-state index contributed by atoms with van der Waals surface area (Å²) in [6.45, 7) is 1.91. The van der Waals surface area contributed by atoms with Crippen LogP contribution in [0.5, 0.6) is 0 Å². The van der Waals surface area contributed by atoms with Crippen molar-refractivity contribution in [2.75, 3.05) is 0 Å². The summed E-state index contributed by atoms with van der Waals surface area (Å²) >= 11 is 0. The third kappa shape index (κ3) is 3.47. The topological polar surface area (TPSA) is 17.8 Å². The molecule has 2 heteroatoms. The Morgan fingerprint density at radius 2 is 1.18 bits per heavy atom. The number of nitrogens with zero attached hydrogens (tertiary/aromatic N) is 2. The molecule has 0 radical (unpaired) electrons. The Kier molecular flexibility index (Phi) is 3.58. The summed E-state index contributed by atoms with van der Waals surface area (Å²) in [5.74, 6) is 0.749. The van der Waals surface area contributed by atoms with E-state index in [1.807, 2.05) is 102 Å². The maximum Gasteiger partial charge on any atom is 0.111 e. The number of hydrogen-bond donors (Lipinski definition) is 0. The van der Waals surface area contributed by atoms with Gasteiger partial charge in [-0.25, -0.2) is 4.98 Å². The molecule has 188 valence electrons. The van der Waals surface area contributed by atoms with Gasteiger partial charge in [-0.2, -0.15) is 0 Å². The lowest BCUT2D eigenvalue weighted by atomic mass is 9.85. The van der Waals surface area contributed by atoms with E-state index in [0.717, 1.165) is 33.3 Å². The van der Waals surface area contributed by atoms with Crippen LogP contribution in [0.1, 0.15) is 16.8 Å². The lowest BCUT2D eigenvalue weighted by Crippen LogP contribution is -1.97. The fourth-order valence-corrected chi connectivity index (χ4v) is 5.82. The average molecular weight is 519 g/mol. The van der Waals surface area contributed by atoms with Crippen LogP contribution in [0.25, 0.3) is 71.3 Å². The first-order chi connectivity index (χ1) is 23.1. The number of aromatic nitrogens is 2. The minimum atomic E-state index is -0.425. The van der Waals surface area contributed by atoms with E-state index in [0.29, 0.717) is 22.3 Å². The van der Waals surface area contributed by atoms with Crippen molar-refractivity contribution in [2.45, 2.75) is 6.92 Å². The van der Waals surface area contributed by atoms with Crippen molar-refractivity contribution in [1.82, 2.24) is 9.55 Å². The Labute approximate surface area is 244 Å². The lowest BCUT2D eigenvalue weighted by Gasteiger charge is -2.18. The molecular weight excluding hydrogens is 484 g/mol. The predicted octanol–water partition coefficient (Wildman–Crippen LogP) is 10.1. The molecule has 0 aliphatic carbocycles. The van der Waals surface area contributed by atoms with Gasteiger partial charge in [-0.05, 0) is 91.8 Å². The highest BCUT2D eigenvalue weighted by Crippen LogP contribution is 2.44. The summed E-state index contributed by atoms with van der Waals surface area (Å²) in [6, 6.07) is 25.8. The zero-order valence-electron chi connectivity index (χ0n) is 29.6. The zero-order valence-corrected chi connectivity index (χ0v) is 21.6. The molecule has 0 atom stereocenters. The van der Waals surface area contributed by atoms with Crippen molar-refractivity contribution in [2.24, 2.45) is 0 Å². The number of rotatable bonds is 3. The molecule has 1 aromatic heterocycles. The molecule has 0 spiro atoms. The highest BCUT2D eigenvalue weighted by atomic mass is 15.1. The Morgan fingerprint density at radius 1 is 0.575 bits per heavy atom.